The van der Waals surface area contributed by atoms with Gasteiger partial charge >= 0.3 is 0 Å². The van der Waals surface area contributed by atoms with Crippen molar-refractivity contribution in [3.05, 3.63) is 54.1 Å². The molecule has 0 radical (unpaired) electrons. The van der Waals surface area contributed by atoms with Gasteiger partial charge in [0.1, 0.15) is 0 Å². The summed E-state index contributed by atoms with van der Waals surface area (Å²) in [7, 11) is 0. The van der Waals surface area contributed by atoms with Gasteiger partial charge in [0.2, 0.25) is 5.91 Å². The molecular formula is C20H22N4OS2. The highest BCUT2D eigenvalue weighted by Gasteiger charge is 2.14. The minimum absolute atomic E-state index is 0.0546. The fourth-order valence-electron chi connectivity index (χ4n) is 2.71. The lowest BCUT2D eigenvalue weighted by atomic mass is 10.1. The molecule has 0 aliphatic heterocycles. The SMILES string of the molecule is CCn1c(SCC(=O)Nc2cccc(SC)c2)nnc1-c1cccc(C)c1. The molecule has 0 aliphatic carbocycles. The number of benzene rings is 2. The Morgan fingerprint density at radius 2 is 1.96 bits per heavy atom. The minimum atomic E-state index is -0.0546. The van der Waals surface area contributed by atoms with Gasteiger partial charge in [0.15, 0.2) is 11.0 Å². The van der Waals surface area contributed by atoms with Crippen LogP contribution in [0.15, 0.2) is 58.6 Å². The van der Waals surface area contributed by atoms with E-state index in [4.69, 9.17) is 0 Å². The standard InChI is InChI=1S/C20H22N4OS2/c1-4-24-19(15-8-5-7-14(2)11-15)22-23-20(24)27-13-18(25)21-16-9-6-10-17(12-16)26-3/h5-12H,4,13H2,1-3H3,(H,21,25). The average Bonchev–Trinajstić information content (AvgIpc) is 3.09. The molecule has 1 aromatic heterocycles. The van der Waals surface area contributed by atoms with Crippen molar-refractivity contribution in [1.82, 2.24) is 14.8 Å². The molecule has 0 unspecified atom stereocenters. The van der Waals surface area contributed by atoms with E-state index in [9.17, 15) is 4.79 Å². The lowest BCUT2D eigenvalue weighted by molar-refractivity contribution is -0.113. The number of nitrogens with one attached hydrogen (secondary N) is 1. The number of hydrogen-bond acceptors (Lipinski definition) is 5. The fraction of sp³-hybridized carbons (Fsp3) is 0.250. The van der Waals surface area contributed by atoms with E-state index in [2.05, 4.69) is 41.5 Å². The summed E-state index contributed by atoms with van der Waals surface area (Å²) in [6.45, 7) is 4.86. The maximum Gasteiger partial charge on any atom is 0.234 e. The Kier molecular flexibility index (Phi) is 6.58. The van der Waals surface area contributed by atoms with Crippen molar-refractivity contribution >= 4 is 35.1 Å². The van der Waals surface area contributed by atoms with Crippen molar-refractivity contribution in [2.24, 2.45) is 0 Å². The first-order chi connectivity index (χ1) is 13.1. The lowest BCUT2D eigenvalue weighted by Crippen LogP contribution is -2.14. The number of aryl methyl sites for hydroxylation is 1. The minimum Gasteiger partial charge on any atom is -0.325 e. The summed E-state index contributed by atoms with van der Waals surface area (Å²) in [5, 5.41) is 12.3. The van der Waals surface area contributed by atoms with E-state index in [-0.39, 0.29) is 11.7 Å². The summed E-state index contributed by atoms with van der Waals surface area (Å²) in [5.74, 6) is 1.06. The number of rotatable bonds is 7. The molecule has 140 valence electrons. The first-order valence-corrected chi connectivity index (χ1v) is 10.9. The van der Waals surface area contributed by atoms with Gasteiger partial charge in [-0.25, -0.2) is 0 Å². The van der Waals surface area contributed by atoms with Crippen molar-refractivity contribution in [3.63, 3.8) is 0 Å². The summed E-state index contributed by atoms with van der Waals surface area (Å²) in [5.41, 5.74) is 3.03. The van der Waals surface area contributed by atoms with E-state index in [0.717, 1.165) is 33.7 Å². The van der Waals surface area contributed by atoms with E-state index in [0.29, 0.717) is 0 Å². The maximum absolute atomic E-state index is 12.3. The fourth-order valence-corrected chi connectivity index (χ4v) is 3.97. The summed E-state index contributed by atoms with van der Waals surface area (Å²) >= 11 is 3.05. The monoisotopic (exact) mass is 398 g/mol. The smallest absolute Gasteiger partial charge is 0.234 e. The highest BCUT2D eigenvalue weighted by molar-refractivity contribution is 7.99. The van der Waals surface area contributed by atoms with Crippen molar-refractivity contribution in [2.45, 2.75) is 30.4 Å². The third kappa shape index (κ3) is 4.93. The summed E-state index contributed by atoms with van der Waals surface area (Å²) in [6.07, 6.45) is 2.01. The Morgan fingerprint density at radius 1 is 1.15 bits per heavy atom. The maximum atomic E-state index is 12.3. The van der Waals surface area contributed by atoms with Crippen LogP contribution in [0, 0.1) is 6.92 Å². The van der Waals surface area contributed by atoms with Gasteiger partial charge in [-0.3, -0.25) is 4.79 Å². The normalized spacial score (nSPS) is 10.8. The quantitative estimate of drug-likeness (QED) is 0.583. The van der Waals surface area contributed by atoms with Gasteiger partial charge in [0.25, 0.3) is 0 Å². The third-order valence-corrected chi connectivity index (χ3v) is 5.69. The Balaban J connectivity index is 1.68. The zero-order valence-corrected chi connectivity index (χ0v) is 17.2. The van der Waals surface area contributed by atoms with Crippen LogP contribution < -0.4 is 5.32 Å². The second kappa shape index (κ2) is 9.10. The highest BCUT2D eigenvalue weighted by Crippen LogP contribution is 2.25. The van der Waals surface area contributed by atoms with Crippen LogP contribution in [-0.4, -0.2) is 32.7 Å². The Hall–Kier alpha value is -2.25. The number of thioether (sulfide) groups is 2. The van der Waals surface area contributed by atoms with Crippen molar-refractivity contribution < 1.29 is 4.79 Å². The van der Waals surface area contributed by atoms with Crippen molar-refractivity contribution in [1.29, 1.82) is 0 Å². The third-order valence-electron chi connectivity index (χ3n) is 4.00. The number of hydrogen-bond donors (Lipinski definition) is 1. The second-order valence-corrected chi connectivity index (χ2v) is 7.81. The molecule has 7 heteroatoms. The molecule has 3 rings (SSSR count). The molecule has 0 atom stereocenters. The Labute approximate surface area is 168 Å². The zero-order valence-electron chi connectivity index (χ0n) is 15.6. The molecule has 1 amide bonds. The largest absolute Gasteiger partial charge is 0.325 e. The van der Waals surface area contributed by atoms with Gasteiger partial charge in [-0.2, -0.15) is 0 Å². The number of carbonyl (C=O) groups excluding carboxylic acids is 1. The van der Waals surface area contributed by atoms with Gasteiger partial charge < -0.3 is 9.88 Å². The molecule has 27 heavy (non-hydrogen) atoms. The summed E-state index contributed by atoms with van der Waals surface area (Å²) in [4.78, 5) is 13.4. The molecule has 3 aromatic rings. The van der Waals surface area contributed by atoms with Gasteiger partial charge in [-0.15, -0.1) is 22.0 Å². The zero-order chi connectivity index (χ0) is 19.2. The van der Waals surface area contributed by atoms with Crippen LogP contribution >= 0.6 is 23.5 Å². The Morgan fingerprint density at radius 3 is 2.70 bits per heavy atom. The van der Waals surface area contributed by atoms with Gasteiger partial charge in [-0.1, -0.05) is 41.6 Å². The molecule has 5 nitrogen and oxygen atoms in total. The Bertz CT molecular complexity index is 939. The molecule has 2 aromatic carbocycles. The number of aromatic nitrogens is 3. The molecule has 0 aliphatic rings. The lowest BCUT2D eigenvalue weighted by Gasteiger charge is -2.08. The van der Waals surface area contributed by atoms with Crippen LogP contribution in [0.4, 0.5) is 5.69 Å². The molecular weight excluding hydrogens is 376 g/mol. The number of amides is 1. The van der Waals surface area contributed by atoms with Crippen LogP contribution in [0.3, 0.4) is 0 Å². The number of nitrogens with zero attached hydrogens (tertiary/aromatic N) is 3. The van der Waals surface area contributed by atoms with Crippen LogP contribution in [0.2, 0.25) is 0 Å². The molecule has 0 saturated heterocycles. The van der Waals surface area contributed by atoms with Gasteiger partial charge in [0, 0.05) is 22.7 Å². The average molecular weight is 399 g/mol. The highest BCUT2D eigenvalue weighted by atomic mass is 32.2. The second-order valence-electron chi connectivity index (χ2n) is 5.99. The van der Waals surface area contributed by atoms with Crippen LogP contribution in [0.25, 0.3) is 11.4 Å². The van der Waals surface area contributed by atoms with Crippen LogP contribution in [-0.2, 0) is 11.3 Å². The molecule has 0 bridgehead atoms. The first kappa shape index (κ1) is 19.5. The predicted octanol–water partition coefficient (Wildman–Crippen LogP) is 4.73. The summed E-state index contributed by atoms with van der Waals surface area (Å²) < 4.78 is 2.04. The summed E-state index contributed by atoms with van der Waals surface area (Å²) in [6, 6.07) is 16.0. The molecule has 0 saturated carbocycles. The molecule has 1 heterocycles. The van der Waals surface area contributed by atoms with Crippen molar-refractivity contribution in [3.8, 4) is 11.4 Å². The van der Waals surface area contributed by atoms with Crippen LogP contribution in [0.5, 0.6) is 0 Å². The van der Waals surface area contributed by atoms with Gasteiger partial charge in [0.05, 0.1) is 5.75 Å². The predicted molar refractivity (Wildman–Crippen MR) is 113 cm³/mol. The topological polar surface area (TPSA) is 59.8 Å². The van der Waals surface area contributed by atoms with Crippen LogP contribution in [0.1, 0.15) is 12.5 Å². The van der Waals surface area contributed by atoms with E-state index >= 15 is 0 Å². The van der Waals surface area contributed by atoms with E-state index in [1.807, 2.05) is 47.2 Å². The first-order valence-electron chi connectivity index (χ1n) is 8.67. The van der Waals surface area contributed by atoms with E-state index in [1.165, 1.54) is 17.3 Å². The molecule has 0 spiro atoms. The molecule has 1 N–H and O–H groups in total. The van der Waals surface area contributed by atoms with Crippen molar-refractivity contribution in [2.75, 3.05) is 17.3 Å². The van der Waals surface area contributed by atoms with Gasteiger partial charge in [-0.05, 0) is 44.4 Å². The number of anilines is 1. The number of carbonyl (C=O) groups is 1. The molecule has 0 fully saturated rings. The van der Waals surface area contributed by atoms with E-state index in [1.54, 1.807) is 11.8 Å². The van der Waals surface area contributed by atoms with E-state index < -0.39 is 0 Å².